The number of hydrogen-bond acceptors (Lipinski definition) is 2. The van der Waals surface area contributed by atoms with E-state index in [1.54, 1.807) is 0 Å². The Morgan fingerprint density at radius 2 is 1.89 bits per heavy atom. The van der Waals surface area contributed by atoms with Gasteiger partial charge in [-0.2, -0.15) is 13.2 Å². The third-order valence-corrected chi connectivity index (χ3v) is 5.33. The molecule has 1 N–H and O–H groups in total. The van der Waals surface area contributed by atoms with Gasteiger partial charge >= 0.3 is 12.1 Å². The van der Waals surface area contributed by atoms with E-state index in [1.807, 2.05) is 54.7 Å². The second-order valence-corrected chi connectivity index (χ2v) is 7.43. The highest BCUT2D eigenvalue weighted by Crippen LogP contribution is 2.49. The molecule has 2 aromatic rings. The van der Waals surface area contributed by atoms with Crippen molar-refractivity contribution in [3.05, 3.63) is 58.1 Å². The number of carbonyl (C=O) groups is 1. The summed E-state index contributed by atoms with van der Waals surface area (Å²) in [5, 5.41) is 1.98. The zero-order chi connectivity index (χ0) is 19.6. The lowest BCUT2D eigenvalue weighted by Gasteiger charge is -2.33. The number of rotatable bonds is 5. The number of hydrogen-bond donors (Lipinski definition) is 1. The highest BCUT2D eigenvalue weighted by atomic mass is 79.9. The van der Waals surface area contributed by atoms with Crippen molar-refractivity contribution < 1.29 is 22.7 Å². The van der Waals surface area contributed by atoms with Gasteiger partial charge in [-0.3, -0.25) is 4.79 Å². The number of benzene rings is 2. The van der Waals surface area contributed by atoms with Crippen LogP contribution in [0.1, 0.15) is 36.8 Å². The Morgan fingerprint density at radius 3 is 2.59 bits per heavy atom. The molecule has 3 rings (SSSR count). The first-order valence-corrected chi connectivity index (χ1v) is 9.51. The minimum Gasteiger partial charge on any atom is -0.457 e. The molecule has 0 saturated heterocycles. The molecule has 0 spiro atoms. The molecule has 0 aliphatic carbocycles. The van der Waals surface area contributed by atoms with Crippen molar-refractivity contribution in [3.8, 4) is 11.5 Å². The van der Waals surface area contributed by atoms with E-state index in [-0.39, 0.29) is 18.4 Å². The minimum atomic E-state index is -4.86. The normalized spacial score (nSPS) is 16.7. The van der Waals surface area contributed by atoms with Gasteiger partial charge in [0.05, 0.1) is 0 Å². The lowest BCUT2D eigenvalue weighted by atomic mass is 9.76. The van der Waals surface area contributed by atoms with E-state index in [4.69, 9.17) is 4.74 Å². The summed E-state index contributed by atoms with van der Waals surface area (Å²) in [6, 6.07) is 13.5. The van der Waals surface area contributed by atoms with Crippen LogP contribution in [0, 0.1) is 5.92 Å². The monoisotopic (exact) mass is 441 g/mol. The maximum Gasteiger partial charge on any atom is 0.471 e. The number of halogens is 4. The lowest BCUT2D eigenvalue weighted by molar-refractivity contribution is -0.173. The molecule has 27 heavy (non-hydrogen) atoms. The Kier molecular flexibility index (Phi) is 5.79. The molecule has 0 fully saturated rings. The topological polar surface area (TPSA) is 38.3 Å². The maximum absolute atomic E-state index is 12.4. The summed E-state index contributed by atoms with van der Waals surface area (Å²) in [5.41, 5.74) is 2.02. The van der Waals surface area contributed by atoms with Crippen molar-refractivity contribution in [2.24, 2.45) is 5.92 Å². The quantitative estimate of drug-likeness (QED) is 0.638. The molecule has 0 bridgehead atoms. The summed E-state index contributed by atoms with van der Waals surface area (Å²) in [6.45, 7) is 1.98. The molecule has 1 aliphatic heterocycles. The molecule has 7 heteroatoms. The first kappa shape index (κ1) is 19.7. The number of carbonyl (C=O) groups excluding carboxylic acids is 1. The van der Waals surface area contributed by atoms with Gasteiger partial charge in [-0.1, -0.05) is 53.5 Å². The van der Waals surface area contributed by atoms with Crippen LogP contribution in [0.25, 0.3) is 0 Å². The van der Waals surface area contributed by atoms with Crippen LogP contribution >= 0.6 is 15.9 Å². The van der Waals surface area contributed by atoms with Gasteiger partial charge in [0.2, 0.25) is 0 Å². The van der Waals surface area contributed by atoms with E-state index in [0.29, 0.717) is 6.42 Å². The van der Waals surface area contributed by atoms with Crippen LogP contribution in [-0.4, -0.2) is 18.6 Å². The number of amides is 1. The Bertz CT molecular complexity index is 838. The van der Waals surface area contributed by atoms with Crippen molar-refractivity contribution >= 4 is 21.8 Å². The second-order valence-electron chi connectivity index (χ2n) is 6.51. The average molecular weight is 442 g/mol. The van der Waals surface area contributed by atoms with E-state index < -0.39 is 12.1 Å². The minimum absolute atomic E-state index is 0.00848. The summed E-state index contributed by atoms with van der Waals surface area (Å²) in [6.07, 6.45) is -3.66. The zero-order valence-corrected chi connectivity index (χ0v) is 16.2. The Hall–Kier alpha value is -2.02. The Balaban J connectivity index is 1.86. The molecule has 1 heterocycles. The maximum atomic E-state index is 12.4. The number of alkyl halides is 3. The van der Waals surface area contributed by atoms with Gasteiger partial charge in [0, 0.05) is 28.1 Å². The van der Waals surface area contributed by atoms with Crippen LogP contribution in [0.3, 0.4) is 0 Å². The van der Waals surface area contributed by atoms with Crippen molar-refractivity contribution in [3.63, 3.8) is 0 Å². The van der Waals surface area contributed by atoms with Crippen LogP contribution in [0.5, 0.6) is 11.5 Å². The van der Waals surface area contributed by atoms with Gasteiger partial charge in [-0.05, 0) is 30.5 Å². The van der Waals surface area contributed by atoms with Crippen LogP contribution in [0.4, 0.5) is 13.2 Å². The first-order valence-electron chi connectivity index (χ1n) is 8.72. The Morgan fingerprint density at radius 1 is 1.19 bits per heavy atom. The highest BCUT2D eigenvalue weighted by Gasteiger charge is 2.38. The molecule has 144 valence electrons. The summed E-state index contributed by atoms with van der Waals surface area (Å²) in [4.78, 5) is 11.1. The third kappa shape index (κ3) is 4.29. The fourth-order valence-corrected chi connectivity index (χ4v) is 3.90. The molecule has 0 aromatic heterocycles. The van der Waals surface area contributed by atoms with Crippen molar-refractivity contribution in [2.75, 3.05) is 6.54 Å². The highest BCUT2D eigenvalue weighted by molar-refractivity contribution is 9.10. The molecule has 3 nitrogen and oxygen atoms in total. The van der Waals surface area contributed by atoms with Crippen LogP contribution < -0.4 is 10.1 Å². The van der Waals surface area contributed by atoms with Crippen LogP contribution in [-0.2, 0) is 4.79 Å². The predicted molar refractivity (Wildman–Crippen MR) is 100.0 cm³/mol. The smallest absolute Gasteiger partial charge is 0.457 e. The predicted octanol–water partition coefficient (Wildman–Crippen LogP) is 5.78. The Labute approximate surface area is 164 Å². The number of para-hydroxylation sites is 1. The molecule has 2 atom stereocenters. The van der Waals surface area contributed by atoms with E-state index >= 15 is 0 Å². The SMILES string of the molecule is CCC(CCNC(=O)C(F)(F)F)C1c2ccccc2Oc2cc(Br)ccc21. The lowest BCUT2D eigenvalue weighted by Crippen LogP contribution is -2.38. The molecule has 2 aromatic carbocycles. The van der Waals surface area contributed by atoms with Crippen LogP contribution in [0.15, 0.2) is 46.9 Å². The molecular formula is C20H19BrF3NO2. The molecular weight excluding hydrogens is 423 g/mol. The van der Waals surface area contributed by atoms with Gasteiger partial charge in [0.15, 0.2) is 0 Å². The van der Waals surface area contributed by atoms with Gasteiger partial charge in [0.1, 0.15) is 11.5 Å². The summed E-state index contributed by atoms with van der Waals surface area (Å²) < 4.78 is 44.1. The van der Waals surface area contributed by atoms with Gasteiger partial charge < -0.3 is 10.1 Å². The fourth-order valence-electron chi connectivity index (χ4n) is 3.56. The fraction of sp³-hybridized carbons (Fsp3) is 0.350. The second kappa shape index (κ2) is 7.92. The van der Waals surface area contributed by atoms with Crippen molar-refractivity contribution in [1.29, 1.82) is 0 Å². The number of nitrogens with one attached hydrogen (secondary N) is 1. The van der Waals surface area contributed by atoms with Gasteiger partial charge in [-0.15, -0.1) is 0 Å². The summed E-state index contributed by atoms with van der Waals surface area (Å²) >= 11 is 3.45. The standard InChI is InChI=1S/C20H19BrF3NO2/c1-2-12(9-10-25-19(26)20(22,23)24)18-14-5-3-4-6-16(14)27-17-11-13(21)7-8-15(17)18/h3-8,11-12,18H,2,9-10H2,1H3,(H,25,26). The first-order chi connectivity index (χ1) is 12.8. The van der Waals surface area contributed by atoms with Gasteiger partial charge in [-0.25, -0.2) is 0 Å². The largest absolute Gasteiger partial charge is 0.471 e. The third-order valence-electron chi connectivity index (χ3n) is 4.84. The van der Waals surface area contributed by atoms with Gasteiger partial charge in [0.25, 0.3) is 0 Å². The van der Waals surface area contributed by atoms with Crippen molar-refractivity contribution in [2.45, 2.75) is 31.9 Å². The van der Waals surface area contributed by atoms with Crippen molar-refractivity contribution in [1.82, 2.24) is 5.32 Å². The summed E-state index contributed by atoms with van der Waals surface area (Å²) in [7, 11) is 0. The molecule has 0 saturated carbocycles. The number of fused-ring (bicyclic) bond motifs is 2. The summed E-state index contributed by atoms with van der Waals surface area (Å²) in [5.74, 6) is -0.347. The van der Waals surface area contributed by atoms with Crippen LogP contribution in [0.2, 0.25) is 0 Å². The average Bonchev–Trinajstić information content (AvgIpc) is 2.62. The molecule has 2 unspecified atom stereocenters. The van der Waals surface area contributed by atoms with E-state index in [9.17, 15) is 18.0 Å². The molecule has 0 radical (unpaired) electrons. The van der Waals surface area contributed by atoms with E-state index in [0.717, 1.165) is 33.5 Å². The van der Waals surface area contributed by atoms with E-state index in [1.165, 1.54) is 0 Å². The zero-order valence-electron chi connectivity index (χ0n) is 14.6. The number of ether oxygens (including phenoxy) is 1. The molecule has 1 amide bonds. The van der Waals surface area contributed by atoms with E-state index in [2.05, 4.69) is 15.9 Å². The molecule has 1 aliphatic rings.